The van der Waals surface area contributed by atoms with Gasteiger partial charge in [0.25, 0.3) is 0 Å². The Bertz CT molecular complexity index is 491. The Kier molecular flexibility index (Phi) is 4.54. The van der Waals surface area contributed by atoms with Crippen molar-refractivity contribution < 1.29 is 9.59 Å². The second-order valence-electron chi connectivity index (χ2n) is 4.50. The summed E-state index contributed by atoms with van der Waals surface area (Å²) < 4.78 is 0. The van der Waals surface area contributed by atoms with Gasteiger partial charge in [0.2, 0.25) is 11.8 Å². The zero-order chi connectivity index (χ0) is 14.0. The van der Waals surface area contributed by atoms with Crippen molar-refractivity contribution in [1.29, 1.82) is 0 Å². The third-order valence-corrected chi connectivity index (χ3v) is 4.51. The molecular weight excluding hydrogens is 286 g/mol. The lowest BCUT2D eigenvalue weighted by Crippen LogP contribution is -2.57. The average molecular weight is 302 g/mol. The zero-order valence-electron chi connectivity index (χ0n) is 10.9. The third kappa shape index (κ3) is 2.96. The molecule has 0 aromatic carbocycles. The summed E-state index contributed by atoms with van der Waals surface area (Å²) in [6.45, 7) is 4.05. The lowest BCUT2D eigenvalue weighted by atomic mass is 10.1. The van der Waals surface area contributed by atoms with E-state index in [1.165, 1.54) is 11.3 Å². The lowest BCUT2D eigenvalue weighted by molar-refractivity contribution is -0.141. The van der Waals surface area contributed by atoms with Gasteiger partial charge in [-0.2, -0.15) is 0 Å². The molecular formula is C12H16ClN3O2S. The van der Waals surface area contributed by atoms with Crippen LogP contribution >= 0.6 is 22.9 Å². The van der Waals surface area contributed by atoms with Gasteiger partial charge in [-0.3, -0.25) is 19.8 Å². The molecule has 0 saturated carbocycles. The van der Waals surface area contributed by atoms with E-state index in [9.17, 15) is 9.59 Å². The van der Waals surface area contributed by atoms with Crippen molar-refractivity contribution in [3.05, 3.63) is 16.1 Å². The van der Waals surface area contributed by atoms with Gasteiger partial charge in [0.05, 0.1) is 30.2 Å². The van der Waals surface area contributed by atoms with E-state index in [1.54, 1.807) is 6.92 Å². The summed E-state index contributed by atoms with van der Waals surface area (Å²) in [6, 6.07) is -0.349. The molecule has 1 fully saturated rings. The number of carbonyl (C=O) groups excluding carboxylic acids is 2. The SMILES string of the molecule is CCC(c1nc(CCl)cs1)N1CC(=O)NC(=O)C1C. The molecule has 0 bridgehead atoms. The van der Waals surface area contributed by atoms with Crippen LogP contribution in [0.3, 0.4) is 0 Å². The van der Waals surface area contributed by atoms with E-state index in [1.807, 2.05) is 17.2 Å². The maximum Gasteiger partial charge on any atom is 0.243 e. The van der Waals surface area contributed by atoms with Crippen molar-refractivity contribution in [2.75, 3.05) is 6.54 Å². The Hall–Kier alpha value is -0.980. The largest absolute Gasteiger partial charge is 0.294 e. The highest BCUT2D eigenvalue weighted by molar-refractivity contribution is 7.09. The fraction of sp³-hybridized carbons (Fsp3) is 0.583. The molecule has 2 rings (SSSR count). The first-order valence-corrected chi connectivity index (χ1v) is 7.58. The van der Waals surface area contributed by atoms with E-state index < -0.39 is 0 Å². The number of nitrogens with one attached hydrogen (secondary N) is 1. The van der Waals surface area contributed by atoms with E-state index in [2.05, 4.69) is 10.3 Å². The molecule has 2 amide bonds. The van der Waals surface area contributed by atoms with Crippen LogP contribution in [-0.4, -0.2) is 34.3 Å². The molecule has 1 aliphatic heterocycles. The topological polar surface area (TPSA) is 62.3 Å². The van der Waals surface area contributed by atoms with Crippen LogP contribution in [0.5, 0.6) is 0 Å². The number of hydrogen-bond acceptors (Lipinski definition) is 5. The maximum atomic E-state index is 11.7. The standard InChI is InChI=1S/C12H16ClN3O2S/c1-3-9(12-14-8(4-13)6-19-12)16-5-10(17)15-11(18)7(16)2/h6-7,9H,3-5H2,1-2H3,(H,15,17,18). The van der Waals surface area contributed by atoms with E-state index >= 15 is 0 Å². The van der Waals surface area contributed by atoms with E-state index in [0.717, 1.165) is 17.1 Å². The van der Waals surface area contributed by atoms with Crippen molar-refractivity contribution >= 4 is 34.8 Å². The molecule has 0 radical (unpaired) electrons. The first-order valence-electron chi connectivity index (χ1n) is 6.16. The average Bonchev–Trinajstić information content (AvgIpc) is 2.84. The summed E-state index contributed by atoms with van der Waals surface area (Å²) in [4.78, 5) is 29.6. The zero-order valence-corrected chi connectivity index (χ0v) is 12.4. The van der Waals surface area contributed by atoms with Crippen LogP contribution in [0, 0.1) is 0 Å². The van der Waals surface area contributed by atoms with Crippen LogP contribution in [0.15, 0.2) is 5.38 Å². The quantitative estimate of drug-likeness (QED) is 0.679. The second kappa shape index (κ2) is 5.98. The lowest BCUT2D eigenvalue weighted by Gasteiger charge is -2.36. The Morgan fingerprint density at radius 1 is 1.63 bits per heavy atom. The van der Waals surface area contributed by atoms with Crippen molar-refractivity contribution in [2.24, 2.45) is 0 Å². The molecule has 0 aliphatic carbocycles. The summed E-state index contributed by atoms with van der Waals surface area (Å²) in [5.74, 6) is -0.124. The number of alkyl halides is 1. The smallest absolute Gasteiger partial charge is 0.243 e. The molecule has 2 unspecified atom stereocenters. The Labute approximate surface area is 121 Å². The van der Waals surface area contributed by atoms with Crippen LogP contribution in [0.25, 0.3) is 0 Å². The van der Waals surface area contributed by atoms with Gasteiger partial charge < -0.3 is 0 Å². The maximum absolute atomic E-state index is 11.7. The minimum Gasteiger partial charge on any atom is -0.294 e. The Morgan fingerprint density at radius 3 is 2.95 bits per heavy atom. The minimum absolute atomic E-state index is 0.0213. The van der Waals surface area contributed by atoms with E-state index in [0.29, 0.717) is 5.88 Å². The van der Waals surface area contributed by atoms with E-state index in [4.69, 9.17) is 11.6 Å². The summed E-state index contributed by atoms with van der Waals surface area (Å²) in [6.07, 6.45) is 0.792. The molecule has 2 heterocycles. The van der Waals surface area contributed by atoms with Gasteiger partial charge in [-0.25, -0.2) is 4.98 Å². The fourth-order valence-electron chi connectivity index (χ4n) is 2.20. The highest BCUT2D eigenvalue weighted by Gasteiger charge is 2.35. The Balaban J connectivity index is 2.25. The van der Waals surface area contributed by atoms with Crippen molar-refractivity contribution in [3.63, 3.8) is 0 Å². The van der Waals surface area contributed by atoms with Gasteiger partial charge in [-0.05, 0) is 13.3 Å². The molecule has 19 heavy (non-hydrogen) atoms. The number of carbonyl (C=O) groups is 2. The molecule has 1 N–H and O–H groups in total. The minimum atomic E-state index is -0.328. The number of hydrogen-bond donors (Lipinski definition) is 1. The predicted octanol–water partition coefficient (Wildman–Crippen LogP) is 1.68. The van der Waals surface area contributed by atoms with Crippen LogP contribution in [0.1, 0.15) is 37.0 Å². The van der Waals surface area contributed by atoms with Crippen molar-refractivity contribution in [1.82, 2.24) is 15.2 Å². The third-order valence-electron chi connectivity index (χ3n) is 3.24. The first-order chi connectivity index (χ1) is 9.06. The van der Waals surface area contributed by atoms with E-state index in [-0.39, 0.29) is 30.4 Å². The molecule has 7 heteroatoms. The Morgan fingerprint density at radius 2 is 2.37 bits per heavy atom. The number of halogens is 1. The summed E-state index contributed by atoms with van der Waals surface area (Å²) in [5.41, 5.74) is 0.834. The molecule has 1 aliphatic rings. The molecule has 1 saturated heterocycles. The predicted molar refractivity (Wildman–Crippen MR) is 74.0 cm³/mol. The van der Waals surface area contributed by atoms with Gasteiger partial charge in [0.1, 0.15) is 5.01 Å². The van der Waals surface area contributed by atoms with Crippen LogP contribution in [-0.2, 0) is 15.5 Å². The van der Waals surface area contributed by atoms with Crippen molar-refractivity contribution in [2.45, 2.75) is 38.2 Å². The number of nitrogens with zero attached hydrogens (tertiary/aromatic N) is 2. The number of imide groups is 1. The molecule has 104 valence electrons. The molecule has 0 spiro atoms. The van der Waals surface area contributed by atoms with Crippen molar-refractivity contribution in [3.8, 4) is 0 Å². The highest BCUT2D eigenvalue weighted by atomic mass is 35.5. The number of thiazole rings is 1. The monoisotopic (exact) mass is 301 g/mol. The molecule has 1 aromatic heterocycles. The summed E-state index contributed by atoms with van der Waals surface area (Å²) in [5, 5.41) is 5.18. The summed E-state index contributed by atoms with van der Waals surface area (Å²) in [7, 11) is 0. The second-order valence-corrected chi connectivity index (χ2v) is 5.65. The van der Waals surface area contributed by atoms with Crippen LogP contribution < -0.4 is 5.32 Å². The van der Waals surface area contributed by atoms with Crippen LogP contribution in [0.2, 0.25) is 0 Å². The molecule has 2 atom stereocenters. The number of aromatic nitrogens is 1. The molecule has 1 aromatic rings. The van der Waals surface area contributed by atoms with Crippen LogP contribution in [0.4, 0.5) is 0 Å². The summed E-state index contributed by atoms with van der Waals surface area (Å²) >= 11 is 7.29. The number of amides is 2. The van der Waals surface area contributed by atoms with Gasteiger partial charge in [-0.1, -0.05) is 6.92 Å². The van der Waals surface area contributed by atoms with Gasteiger partial charge in [0, 0.05) is 5.38 Å². The number of rotatable bonds is 4. The molecule has 5 nitrogen and oxygen atoms in total. The normalized spacial score (nSPS) is 22.4. The van der Waals surface area contributed by atoms with Gasteiger partial charge >= 0.3 is 0 Å². The van der Waals surface area contributed by atoms with Gasteiger partial charge in [-0.15, -0.1) is 22.9 Å². The van der Waals surface area contributed by atoms with Gasteiger partial charge in [0.15, 0.2) is 0 Å². The number of piperazine rings is 1. The highest BCUT2D eigenvalue weighted by Crippen LogP contribution is 2.30. The first kappa shape index (κ1) is 14.4. The fourth-order valence-corrected chi connectivity index (χ4v) is 3.45.